The van der Waals surface area contributed by atoms with Crippen LogP contribution in [-0.2, 0) is 10.5 Å². The van der Waals surface area contributed by atoms with Crippen molar-refractivity contribution in [1.29, 1.82) is 0 Å². The van der Waals surface area contributed by atoms with E-state index < -0.39 is 0 Å². The molecule has 32 heavy (non-hydrogen) atoms. The minimum Gasteiger partial charge on any atom is -0.361 e. The standard InChI is InChI=1S/C24H34N4O3S/c1-4-10-27(11-5-2)23(29)17-26-12-14-28(15-13-26)24(30)21-8-6-7-9-22(21)32-18-20-16-19(3)31-25-20/h6-9,16H,4-5,10-15,17-18H2,1-3H3. The fourth-order valence-corrected chi connectivity index (χ4v) is 4.80. The van der Waals surface area contributed by atoms with E-state index in [-0.39, 0.29) is 11.8 Å². The first-order valence-corrected chi connectivity index (χ1v) is 12.4. The summed E-state index contributed by atoms with van der Waals surface area (Å²) in [5, 5.41) is 4.03. The second-order valence-electron chi connectivity index (χ2n) is 8.16. The smallest absolute Gasteiger partial charge is 0.255 e. The maximum atomic E-state index is 13.2. The summed E-state index contributed by atoms with van der Waals surface area (Å²) in [7, 11) is 0. The van der Waals surface area contributed by atoms with E-state index in [4.69, 9.17) is 4.52 Å². The average Bonchev–Trinajstić information content (AvgIpc) is 3.23. The highest BCUT2D eigenvalue weighted by atomic mass is 32.2. The van der Waals surface area contributed by atoms with E-state index in [9.17, 15) is 9.59 Å². The lowest BCUT2D eigenvalue weighted by Gasteiger charge is -2.35. The summed E-state index contributed by atoms with van der Waals surface area (Å²) >= 11 is 1.60. The fraction of sp³-hybridized carbons (Fsp3) is 0.542. The first kappa shape index (κ1) is 24.3. The van der Waals surface area contributed by atoms with E-state index in [1.807, 2.05) is 47.1 Å². The largest absolute Gasteiger partial charge is 0.361 e. The van der Waals surface area contributed by atoms with E-state index in [1.165, 1.54) is 0 Å². The van der Waals surface area contributed by atoms with E-state index >= 15 is 0 Å². The van der Waals surface area contributed by atoms with Gasteiger partial charge >= 0.3 is 0 Å². The number of aromatic nitrogens is 1. The molecule has 7 nitrogen and oxygen atoms in total. The van der Waals surface area contributed by atoms with Gasteiger partial charge in [0, 0.05) is 56.0 Å². The zero-order chi connectivity index (χ0) is 22.9. The number of nitrogens with zero attached hydrogens (tertiary/aromatic N) is 4. The normalized spacial score (nSPS) is 14.5. The molecule has 1 aliphatic rings. The lowest BCUT2D eigenvalue weighted by atomic mass is 10.1. The van der Waals surface area contributed by atoms with Crippen molar-refractivity contribution < 1.29 is 14.1 Å². The van der Waals surface area contributed by atoms with Gasteiger partial charge in [0.25, 0.3) is 5.91 Å². The SMILES string of the molecule is CCCN(CCC)C(=O)CN1CCN(C(=O)c2ccccc2SCc2cc(C)on2)CC1. The summed E-state index contributed by atoms with van der Waals surface area (Å²) < 4.78 is 5.13. The molecule has 0 radical (unpaired) electrons. The van der Waals surface area contributed by atoms with Crippen molar-refractivity contribution in [2.24, 2.45) is 0 Å². The average molecular weight is 459 g/mol. The van der Waals surface area contributed by atoms with Gasteiger partial charge in [-0.25, -0.2) is 0 Å². The van der Waals surface area contributed by atoms with Crippen LogP contribution in [0.25, 0.3) is 0 Å². The van der Waals surface area contributed by atoms with E-state index in [0.717, 1.165) is 60.9 Å². The molecule has 0 bridgehead atoms. The van der Waals surface area contributed by atoms with Gasteiger partial charge in [0.15, 0.2) is 0 Å². The van der Waals surface area contributed by atoms with Crippen LogP contribution in [0.5, 0.6) is 0 Å². The van der Waals surface area contributed by atoms with Crippen molar-refractivity contribution in [2.75, 3.05) is 45.8 Å². The number of rotatable bonds is 10. The van der Waals surface area contributed by atoms with Crippen LogP contribution in [-0.4, -0.2) is 77.5 Å². The third-order valence-corrected chi connectivity index (χ3v) is 6.64. The maximum absolute atomic E-state index is 13.2. The van der Waals surface area contributed by atoms with Gasteiger partial charge in [-0.1, -0.05) is 31.1 Å². The summed E-state index contributed by atoms with van der Waals surface area (Å²) in [6.07, 6.45) is 1.95. The van der Waals surface area contributed by atoms with Gasteiger partial charge in [0.2, 0.25) is 5.91 Å². The number of hydrogen-bond acceptors (Lipinski definition) is 6. The molecule has 8 heteroatoms. The molecule has 1 saturated heterocycles. The third-order valence-electron chi connectivity index (χ3n) is 5.53. The van der Waals surface area contributed by atoms with Gasteiger partial charge in [0.05, 0.1) is 17.8 Å². The Bertz CT molecular complexity index is 887. The highest BCUT2D eigenvalue weighted by molar-refractivity contribution is 7.98. The molecular formula is C24H34N4O3S. The highest BCUT2D eigenvalue weighted by Crippen LogP contribution is 2.27. The van der Waals surface area contributed by atoms with Gasteiger partial charge in [-0.15, -0.1) is 11.8 Å². The van der Waals surface area contributed by atoms with Crippen LogP contribution in [0.15, 0.2) is 39.8 Å². The quantitative estimate of drug-likeness (QED) is 0.506. The highest BCUT2D eigenvalue weighted by Gasteiger charge is 2.25. The Morgan fingerprint density at radius 1 is 1.09 bits per heavy atom. The van der Waals surface area contributed by atoms with Crippen LogP contribution in [0.1, 0.15) is 48.5 Å². The molecule has 2 aromatic rings. The van der Waals surface area contributed by atoms with Crippen molar-refractivity contribution in [1.82, 2.24) is 19.9 Å². The molecular weight excluding hydrogens is 424 g/mol. The minimum absolute atomic E-state index is 0.0500. The second kappa shape index (κ2) is 12.1. The molecule has 1 fully saturated rings. The Morgan fingerprint density at radius 2 is 1.78 bits per heavy atom. The molecule has 1 aliphatic heterocycles. The Hall–Kier alpha value is -2.32. The van der Waals surface area contributed by atoms with Crippen LogP contribution in [0.4, 0.5) is 0 Å². The van der Waals surface area contributed by atoms with Crippen molar-refractivity contribution >= 4 is 23.6 Å². The molecule has 2 heterocycles. The third kappa shape index (κ3) is 6.59. The Labute approximate surface area is 195 Å². The molecule has 3 rings (SSSR count). The lowest BCUT2D eigenvalue weighted by molar-refractivity contribution is -0.132. The number of amides is 2. The number of hydrogen-bond donors (Lipinski definition) is 0. The summed E-state index contributed by atoms with van der Waals surface area (Å²) in [5.41, 5.74) is 1.59. The first-order chi connectivity index (χ1) is 15.5. The van der Waals surface area contributed by atoms with Crippen LogP contribution in [0.2, 0.25) is 0 Å². The number of aryl methyl sites for hydroxylation is 1. The fourth-order valence-electron chi connectivity index (χ4n) is 3.88. The Morgan fingerprint density at radius 3 is 2.41 bits per heavy atom. The first-order valence-electron chi connectivity index (χ1n) is 11.4. The zero-order valence-corrected chi connectivity index (χ0v) is 20.2. The summed E-state index contributed by atoms with van der Waals surface area (Å²) in [4.78, 5) is 32.9. The van der Waals surface area contributed by atoms with Crippen molar-refractivity contribution in [2.45, 2.75) is 44.3 Å². The van der Waals surface area contributed by atoms with Crippen LogP contribution in [0, 0.1) is 6.92 Å². The molecule has 0 N–H and O–H groups in total. The molecule has 0 spiro atoms. The topological polar surface area (TPSA) is 69.9 Å². The number of benzene rings is 1. The van der Waals surface area contributed by atoms with Gasteiger partial charge in [-0.2, -0.15) is 0 Å². The molecule has 0 aliphatic carbocycles. The lowest BCUT2D eigenvalue weighted by Crippen LogP contribution is -2.51. The molecule has 0 atom stereocenters. The van der Waals surface area contributed by atoms with Crippen LogP contribution in [0.3, 0.4) is 0 Å². The molecule has 1 aromatic heterocycles. The summed E-state index contributed by atoms with van der Waals surface area (Å²) in [6.45, 7) is 10.8. The van der Waals surface area contributed by atoms with E-state index in [1.54, 1.807) is 11.8 Å². The Kier molecular flexibility index (Phi) is 9.17. The predicted molar refractivity (Wildman–Crippen MR) is 127 cm³/mol. The second-order valence-corrected chi connectivity index (χ2v) is 9.18. The van der Waals surface area contributed by atoms with Gasteiger partial charge in [-0.3, -0.25) is 14.5 Å². The van der Waals surface area contributed by atoms with Crippen LogP contribution < -0.4 is 0 Å². The molecule has 0 unspecified atom stereocenters. The molecule has 1 aromatic carbocycles. The number of thioether (sulfide) groups is 1. The molecule has 0 saturated carbocycles. The van der Waals surface area contributed by atoms with Crippen molar-refractivity contribution in [3.05, 3.63) is 47.3 Å². The number of piperazine rings is 1. The van der Waals surface area contributed by atoms with Gasteiger partial charge < -0.3 is 14.3 Å². The minimum atomic E-state index is 0.0500. The summed E-state index contributed by atoms with van der Waals surface area (Å²) in [6, 6.07) is 9.65. The van der Waals surface area contributed by atoms with E-state index in [0.29, 0.717) is 25.4 Å². The van der Waals surface area contributed by atoms with E-state index in [2.05, 4.69) is 23.9 Å². The Balaban J connectivity index is 1.54. The van der Waals surface area contributed by atoms with Gasteiger partial charge in [0.1, 0.15) is 5.76 Å². The van der Waals surface area contributed by atoms with Crippen molar-refractivity contribution in [3.63, 3.8) is 0 Å². The number of carbonyl (C=O) groups is 2. The van der Waals surface area contributed by atoms with Gasteiger partial charge in [-0.05, 0) is 31.9 Å². The molecule has 174 valence electrons. The van der Waals surface area contributed by atoms with Crippen LogP contribution >= 0.6 is 11.8 Å². The summed E-state index contributed by atoms with van der Waals surface area (Å²) in [5.74, 6) is 1.69. The monoisotopic (exact) mass is 458 g/mol. The zero-order valence-electron chi connectivity index (χ0n) is 19.4. The maximum Gasteiger partial charge on any atom is 0.255 e. The predicted octanol–water partition coefficient (Wildman–Crippen LogP) is 3.68. The molecule has 2 amide bonds. The number of carbonyl (C=O) groups excluding carboxylic acids is 2. The van der Waals surface area contributed by atoms with Crippen molar-refractivity contribution in [3.8, 4) is 0 Å².